The Labute approximate surface area is 184 Å². The summed E-state index contributed by atoms with van der Waals surface area (Å²) >= 11 is 0. The Morgan fingerprint density at radius 1 is 0.938 bits per heavy atom. The van der Waals surface area contributed by atoms with E-state index in [0.29, 0.717) is 16.9 Å². The van der Waals surface area contributed by atoms with Crippen LogP contribution in [-0.2, 0) is 16.1 Å². The van der Waals surface area contributed by atoms with E-state index >= 15 is 0 Å². The second-order valence-electron chi connectivity index (χ2n) is 6.97. The molecule has 2 aromatic carbocycles. The van der Waals surface area contributed by atoms with Crippen molar-refractivity contribution in [2.75, 3.05) is 18.4 Å². The molecule has 3 amide bonds. The van der Waals surface area contributed by atoms with Crippen LogP contribution in [0.5, 0.6) is 0 Å². The quantitative estimate of drug-likeness (QED) is 0.464. The molecule has 164 valence electrons. The molecular formula is C23H23N5O4. The summed E-state index contributed by atoms with van der Waals surface area (Å²) in [7, 11) is 0. The fraction of sp³-hybridized carbons (Fsp3) is 0.174. The van der Waals surface area contributed by atoms with Crippen LogP contribution in [0.1, 0.15) is 17.3 Å². The molecule has 0 saturated heterocycles. The number of nitrogens with zero attached hydrogens (tertiary/aromatic N) is 2. The van der Waals surface area contributed by atoms with Gasteiger partial charge < -0.3 is 16.0 Å². The molecular weight excluding hydrogens is 410 g/mol. The van der Waals surface area contributed by atoms with Gasteiger partial charge in [0.05, 0.1) is 12.0 Å². The first-order valence-electron chi connectivity index (χ1n) is 9.97. The number of aromatic nitrogens is 2. The fourth-order valence-corrected chi connectivity index (χ4v) is 2.91. The first kappa shape index (κ1) is 22.4. The number of rotatable bonds is 8. The van der Waals surface area contributed by atoms with E-state index < -0.39 is 0 Å². The summed E-state index contributed by atoms with van der Waals surface area (Å²) in [4.78, 5) is 51.8. The van der Waals surface area contributed by atoms with Crippen LogP contribution in [0.25, 0.3) is 11.3 Å². The van der Waals surface area contributed by atoms with Crippen molar-refractivity contribution in [3.8, 4) is 11.3 Å². The van der Waals surface area contributed by atoms with Gasteiger partial charge in [0, 0.05) is 42.9 Å². The van der Waals surface area contributed by atoms with E-state index in [1.165, 1.54) is 23.9 Å². The summed E-state index contributed by atoms with van der Waals surface area (Å²) in [5.74, 6) is -0.857. The van der Waals surface area contributed by atoms with Gasteiger partial charge in [-0.15, -0.1) is 0 Å². The van der Waals surface area contributed by atoms with Crippen LogP contribution >= 0.6 is 0 Å². The Kier molecular flexibility index (Phi) is 7.47. The van der Waals surface area contributed by atoms with Crippen molar-refractivity contribution in [3.05, 3.63) is 82.9 Å². The van der Waals surface area contributed by atoms with Gasteiger partial charge in [0.1, 0.15) is 6.54 Å². The van der Waals surface area contributed by atoms with E-state index in [1.807, 2.05) is 30.3 Å². The van der Waals surface area contributed by atoms with Crippen molar-refractivity contribution in [1.82, 2.24) is 20.2 Å². The van der Waals surface area contributed by atoms with Crippen LogP contribution < -0.4 is 21.5 Å². The maximum absolute atomic E-state index is 12.3. The molecule has 0 unspecified atom stereocenters. The second-order valence-corrected chi connectivity index (χ2v) is 6.97. The summed E-state index contributed by atoms with van der Waals surface area (Å²) in [6, 6.07) is 17.1. The van der Waals surface area contributed by atoms with Gasteiger partial charge in [0.15, 0.2) is 0 Å². The summed E-state index contributed by atoms with van der Waals surface area (Å²) in [5.41, 5.74) is 2.07. The van der Waals surface area contributed by atoms with Gasteiger partial charge in [-0.05, 0) is 24.3 Å². The third-order valence-electron chi connectivity index (χ3n) is 4.46. The Balaban J connectivity index is 1.44. The molecule has 3 aromatic rings. The lowest BCUT2D eigenvalue weighted by molar-refractivity contribution is -0.121. The average Bonchev–Trinajstić information content (AvgIpc) is 2.78. The van der Waals surface area contributed by atoms with Gasteiger partial charge >= 0.3 is 0 Å². The predicted octanol–water partition coefficient (Wildman–Crippen LogP) is 1.41. The Morgan fingerprint density at radius 2 is 1.62 bits per heavy atom. The van der Waals surface area contributed by atoms with Crippen LogP contribution in [0.2, 0.25) is 0 Å². The van der Waals surface area contributed by atoms with Crippen LogP contribution in [0.15, 0.2) is 71.8 Å². The highest BCUT2D eigenvalue weighted by Gasteiger charge is 2.08. The molecule has 32 heavy (non-hydrogen) atoms. The maximum atomic E-state index is 12.3. The molecule has 9 heteroatoms. The Bertz CT molecular complexity index is 1160. The average molecular weight is 433 g/mol. The highest BCUT2D eigenvalue weighted by molar-refractivity contribution is 5.95. The molecule has 0 fully saturated rings. The summed E-state index contributed by atoms with van der Waals surface area (Å²) < 4.78 is 1.22. The molecule has 3 N–H and O–H groups in total. The second kappa shape index (κ2) is 10.7. The van der Waals surface area contributed by atoms with E-state index in [9.17, 15) is 19.2 Å². The molecule has 0 saturated carbocycles. The normalized spacial score (nSPS) is 10.3. The summed E-state index contributed by atoms with van der Waals surface area (Å²) in [6.07, 6.45) is 1.34. The zero-order valence-electron chi connectivity index (χ0n) is 17.5. The zero-order valence-corrected chi connectivity index (χ0v) is 17.5. The predicted molar refractivity (Wildman–Crippen MR) is 120 cm³/mol. The van der Waals surface area contributed by atoms with E-state index in [1.54, 1.807) is 24.3 Å². The number of nitrogens with one attached hydrogen (secondary N) is 3. The standard InChI is InChI=1S/C23H23N5O4/c1-16(29)27-19-9-7-18(8-10-19)23(32)25-12-11-24-21(30)14-28-15-26-20(13-22(28)31)17-5-3-2-4-6-17/h2-10,13,15H,11-12,14H2,1H3,(H,24,30)(H,25,32)(H,27,29). The van der Waals surface area contributed by atoms with Crippen LogP contribution in [-0.4, -0.2) is 40.4 Å². The lowest BCUT2D eigenvalue weighted by Crippen LogP contribution is -2.37. The number of amides is 3. The minimum atomic E-state index is -0.365. The smallest absolute Gasteiger partial charge is 0.254 e. The van der Waals surface area contributed by atoms with Crippen molar-refractivity contribution in [1.29, 1.82) is 0 Å². The van der Waals surface area contributed by atoms with Crippen LogP contribution in [0.4, 0.5) is 5.69 Å². The minimum absolute atomic E-state index is 0.167. The number of hydrogen-bond donors (Lipinski definition) is 3. The van der Waals surface area contributed by atoms with Gasteiger partial charge in [-0.1, -0.05) is 30.3 Å². The number of benzene rings is 2. The Hall–Kier alpha value is -4.27. The van der Waals surface area contributed by atoms with E-state index in [2.05, 4.69) is 20.9 Å². The topological polar surface area (TPSA) is 122 Å². The number of carbonyl (C=O) groups is 3. The Morgan fingerprint density at radius 3 is 2.28 bits per heavy atom. The minimum Gasteiger partial charge on any atom is -0.353 e. The van der Waals surface area contributed by atoms with E-state index in [-0.39, 0.29) is 42.9 Å². The molecule has 0 aliphatic rings. The monoisotopic (exact) mass is 433 g/mol. The molecule has 1 aromatic heterocycles. The van der Waals surface area contributed by atoms with Gasteiger partial charge in [-0.2, -0.15) is 0 Å². The molecule has 0 atom stereocenters. The molecule has 0 bridgehead atoms. The first-order chi connectivity index (χ1) is 15.4. The van der Waals surface area contributed by atoms with Gasteiger partial charge in [0.2, 0.25) is 11.8 Å². The molecule has 0 aliphatic heterocycles. The molecule has 9 nitrogen and oxygen atoms in total. The maximum Gasteiger partial charge on any atom is 0.254 e. The summed E-state index contributed by atoms with van der Waals surface area (Å²) in [5, 5.41) is 7.97. The number of hydrogen-bond acceptors (Lipinski definition) is 5. The van der Waals surface area contributed by atoms with Crippen molar-refractivity contribution >= 4 is 23.4 Å². The van der Waals surface area contributed by atoms with Crippen molar-refractivity contribution in [2.45, 2.75) is 13.5 Å². The highest BCUT2D eigenvalue weighted by atomic mass is 16.2. The fourth-order valence-electron chi connectivity index (χ4n) is 2.91. The molecule has 1 heterocycles. The molecule has 3 rings (SSSR count). The summed E-state index contributed by atoms with van der Waals surface area (Å²) in [6.45, 7) is 1.66. The number of carbonyl (C=O) groups excluding carboxylic acids is 3. The third-order valence-corrected chi connectivity index (χ3v) is 4.46. The molecule has 0 spiro atoms. The largest absolute Gasteiger partial charge is 0.353 e. The molecule has 0 radical (unpaired) electrons. The third kappa shape index (κ3) is 6.36. The van der Waals surface area contributed by atoms with Crippen LogP contribution in [0.3, 0.4) is 0 Å². The lowest BCUT2D eigenvalue weighted by Gasteiger charge is -2.09. The molecule has 0 aliphatic carbocycles. The van der Waals surface area contributed by atoms with Gasteiger partial charge in [0.25, 0.3) is 11.5 Å². The lowest BCUT2D eigenvalue weighted by atomic mass is 10.1. The van der Waals surface area contributed by atoms with E-state index in [0.717, 1.165) is 5.56 Å². The van der Waals surface area contributed by atoms with Crippen LogP contribution in [0, 0.1) is 0 Å². The number of anilines is 1. The van der Waals surface area contributed by atoms with Gasteiger partial charge in [-0.25, -0.2) is 4.98 Å². The van der Waals surface area contributed by atoms with E-state index in [4.69, 9.17) is 0 Å². The van der Waals surface area contributed by atoms with Crippen molar-refractivity contribution in [3.63, 3.8) is 0 Å². The van der Waals surface area contributed by atoms with Crippen molar-refractivity contribution in [2.24, 2.45) is 0 Å². The zero-order chi connectivity index (χ0) is 22.9. The van der Waals surface area contributed by atoms with Crippen molar-refractivity contribution < 1.29 is 14.4 Å². The SMILES string of the molecule is CC(=O)Nc1ccc(C(=O)NCCNC(=O)Cn2cnc(-c3ccccc3)cc2=O)cc1. The first-order valence-corrected chi connectivity index (χ1v) is 9.97. The highest BCUT2D eigenvalue weighted by Crippen LogP contribution is 2.13. The van der Waals surface area contributed by atoms with Gasteiger partial charge in [-0.3, -0.25) is 23.7 Å².